The van der Waals surface area contributed by atoms with Gasteiger partial charge in [0.05, 0.1) is 11.0 Å². The van der Waals surface area contributed by atoms with Gasteiger partial charge >= 0.3 is 5.97 Å². The molecule has 0 amide bonds. The van der Waals surface area contributed by atoms with Crippen molar-refractivity contribution in [1.82, 2.24) is 4.31 Å². The Bertz CT molecular complexity index is 657. The molecule has 0 bridgehead atoms. The molecule has 1 N–H and O–H groups in total. The van der Waals surface area contributed by atoms with Gasteiger partial charge in [-0.05, 0) is 32.9 Å². The highest BCUT2D eigenvalue weighted by Crippen LogP contribution is 2.25. The van der Waals surface area contributed by atoms with E-state index in [0.717, 1.165) is 9.87 Å². The van der Waals surface area contributed by atoms with Crippen LogP contribution < -0.4 is 0 Å². The highest BCUT2D eigenvalue weighted by atomic mass is 32.2. The molecule has 0 aliphatic rings. The van der Waals surface area contributed by atoms with Crippen molar-refractivity contribution in [1.29, 1.82) is 5.26 Å². The molecule has 0 spiro atoms. The van der Waals surface area contributed by atoms with Crippen LogP contribution in [0.3, 0.4) is 0 Å². The Labute approximate surface area is 124 Å². The summed E-state index contributed by atoms with van der Waals surface area (Å²) in [5, 5.41) is 17.9. The van der Waals surface area contributed by atoms with Gasteiger partial charge in [0.1, 0.15) is 5.54 Å². The standard InChI is InChI=1S/C14H18N2O4S/c1-11-5-7-12(8-6-11)21(19,20)16(10-4-9-15)14(2,3)13(17)18/h5-8H,4,10H2,1-3H3,(H,17,18). The van der Waals surface area contributed by atoms with Crippen molar-refractivity contribution in [2.24, 2.45) is 0 Å². The zero-order chi connectivity index (χ0) is 16.3. The first-order chi connectivity index (χ1) is 9.64. The predicted octanol–water partition coefficient (Wildman–Crippen LogP) is 1.76. The van der Waals surface area contributed by atoms with Gasteiger partial charge in [-0.25, -0.2) is 8.42 Å². The number of aryl methyl sites for hydroxylation is 1. The van der Waals surface area contributed by atoms with Crippen molar-refractivity contribution in [3.63, 3.8) is 0 Å². The summed E-state index contributed by atoms with van der Waals surface area (Å²) in [6.07, 6.45) is -0.0815. The minimum atomic E-state index is -3.99. The fourth-order valence-electron chi connectivity index (χ4n) is 1.80. The number of hydrogen-bond donors (Lipinski definition) is 1. The molecule has 0 fully saturated rings. The topological polar surface area (TPSA) is 98.5 Å². The molecule has 0 radical (unpaired) electrons. The Morgan fingerprint density at radius 1 is 1.33 bits per heavy atom. The molecule has 0 aliphatic heterocycles. The minimum Gasteiger partial charge on any atom is -0.480 e. The van der Waals surface area contributed by atoms with Crippen LogP contribution in [0.5, 0.6) is 0 Å². The average Bonchev–Trinajstić information content (AvgIpc) is 2.39. The number of nitriles is 1. The Morgan fingerprint density at radius 2 is 1.86 bits per heavy atom. The summed E-state index contributed by atoms with van der Waals surface area (Å²) in [6, 6.07) is 7.99. The van der Waals surface area contributed by atoms with E-state index in [1.165, 1.54) is 26.0 Å². The molecular weight excluding hydrogens is 292 g/mol. The molecule has 21 heavy (non-hydrogen) atoms. The summed E-state index contributed by atoms with van der Waals surface area (Å²) in [6.45, 7) is 4.26. The lowest BCUT2D eigenvalue weighted by molar-refractivity contribution is -0.146. The molecule has 0 heterocycles. The van der Waals surface area contributed by atoms with Gasteiger partial charge in [0.2, 0.25) is 10.0 Å². The monoisotopic (exact) mass is 310 g/mol. The van der Waals surface area contributed by atoms with Crippen LogP contribution in [0.2, 0.25) is 0 Å². The van der Waals surface area contributed by atoms with Gasteiger partial charge in [0.15, 0.2) is 0 Å². The smallest absolute Gasteiger partial charge is 0.324 e. The van der Waals surface area contributed by atoms with E-state index in [9.17, 15) is 18.3 Å². The number of carboxylic acids is 1. The van der Waals surface area contributed by atoms with Crippen LogP contribution in [0.4, 0.5) is 0 Å². The molecule has 0 aromatic heterocycles. The lowest BCUT2D eigenvalue weighted by atomic mass is 10.1. The maximum atomic E-state index is 12.7. The number of nitrogens with zero attached hydrogens (tertiary/aromatic N) is 2. The van der Waals surface area contributed by atoms with E-state index in [1.807, 2.05) is 13.0 Å². The molecule has 0 atom stereocenters. The highest BCUT2D eigenvalue weighted by Gasteiger charge is 2.42. The Balaban J connectivity index is 3.34. The van der Waals surface area contributed by atoms with Crippen LogP contribution in [0.25, 0.3) is 0 Å². The zero-order valence-corrected chi connectivity index (χ0v) is 13.0. The molecule has 0 aliphatic carbocycles. The van der Waals surface area contributed by atoms with Crippen LogP contribution in [0, 0.1) is 18.3 Å². The molecule has 0 saturated carbocycles. The zero-order valence-electron chi connectivity index (χ0n) is 12.2. The summed E-state index contributed by atoms with van der Waals surface area (Å²) in [5.41, 5.74) is -0.740. The normalized spacial score (nSPS) is 12.1. The number of rotatable bonds is 6. The molecule has 6 nitrogen and oxygen atoms in total. The van der Waals surface area contributed by atoms with Crippen molar-refractivity contribution in [2.75, 3.05) is 6.54 Å². The first-order valence-electron chi connectivity index (χ1n) is 6.34. The number of hydrogen-bond acceptors (Lipinski definition) is 4. The number of carboxylic acid groups (broad SMARTS) is 1. The summed E-state index contributed by atoms with van der Waals surface area (Å²) >= 11 is 0. The Kier molecular flexibility index (Phi) is 5.10. The summed E-state index contributed by atoms with van der Waals surface area (Å²) in [5.74, 6) is -1.27. The minimum absolute atomic E-state index is 0.0142. The third-order valence-corrected chi connectivity index (χ3v) is 5.27. The van der Waals surface area contributed by atoms with E-state index in [0.29, 0.717) is 0 Å². The van der Waals surface area contributed by atoms with Gasteiger partial charge < -0.3 is 5.11 Å². The summed E-state index contributed by atoms with van der Waals surface area (Å²) in [7, 11) is -3.99. The highest BCUT2D eigenvalue weighted by molar-refractivity contribution is 7.89. The number of carbonyl (C=O) groups is 1. The second kappa shape index (κ2) is 6.24. The fourth-order valence-corrected chi connectivity index (χ4v) is 3.54. The maximum Gasteiger partial charge on any atom is 0.324 e. The average molecular weight is 310 g/mol. The lowest BCUT2D eigenvalue weighted by Gasteiger charge is -2.33. The van der Waals surface area contributed by atoms with Crippen molar-refractivity contribution >= 4 is 16.0 Å². The molecule has 0 unspecified atom stereocenters. The first-order valence-corrected chi connectivity index (χ1v) is 7.78. The van der Waals surface area contributed by atoms with Crippen LogP contribution in [0.15, 0.2) is 29.2 Å². The van der Waals surface area contributed by atoms with Gasteiger partial charge in [0.25, 0.3) is 0 Å². The van der Waals surface area contributed by atoms with Crippen molar-refractivity contribution in [2.45, 2.75) is 37.6 Å². The van der Waals surface area contributed by atoms with Crippen LogP contribution in [-0.4, -0.2) is 35.9 Å². The molecule has 7 heteroatoms. The second-order valence-corrected chi connectivity index (χ2v) is 7.02. The van der Waals surface area contributed by atoms with Crippen molar-refractivity contribution in [3.8, 4) is 6.07 Å². The fraction of sp³-hybridized carbons (Fsp3) is 0.429. The predicted molar refractivity (Wildman–Crippen MR) is 77.0 cm³/mol. The second-order valence-electron chi connectivity index (χ2n) is 5.16. The SMILES string of the molecule is Cc1ccc(S(=O)(=O)N(CCC#N)C(C)(C)C(=O)O)cc1. The van der Waals surface area contributed by atoms with Gasteiger partial charge in [-0.1, -0.05) is 17.7 Å². The van der Waals surface area contributed by atoms with E-state index >= 15 is 0 Å². The molecule has 1 aromatic rings. The van der Waals surface area contributed by atoms with Crippen molar-refractivity contribution < 1.29 is 18.3 Å². The van der Waals surface area contributed by atoms with Crippen LogP contribution in [-0.2, 0) is 14.8 Å². The van der Waals surface area contributed by atoms with Gasteiger partial charge in [-0.2, -0.15) is 9.57 Å². The number of benzene rings is 1. The number of aliphatic carboxylic acids is 1. The lowest BCUT2D eigenvalue weighted by Crippen LogP contribution is -2.53. The summed E-state index contributed by atoms with van der Waals surface area (Å²) in [4.78, 5) is 11.4. The van der Waals surface area contributed by atoms with E-state index in [1.54, 1.807) is 12.1 Å². The van der Waals surface area contributed by atoms with Gasteiger partial charge in [-0.3, -0.25) is 4.79 Å². The molecule has 1 rings (SSSR count). The third kappa shape index (κ3) is 3.60. The van der Waals surface area contributed by atoms with E-state index in [4.69, 9.17) is 5.26 Å². The van der Waals surface area contributed by atoms with Crippen molar-refractivity contribution in [3.05, 3.63) is 29.8 Å². The molecule has 0 saturated heterocycles. The van der Waals surface area contributed by atoms with Crippen LogP contribution in [0.1, 0.15) is 25.8 Å². The van der Waals surface area contributed by atoms with Gasteiger partial charge in [0, 0.05) is 13.0 Å². The van der Waals surface area contributed by atoms with Gasteiger partial charge in [-0.15, -0.1) is 0 Å². The van der Waals surface area contributed by atoms with Crippen LogP contribution >= 0.6 is 0 Å². The number of sulfonamides is 1. The Morgan fingerprint density at radius 3 is 2.29 bits per heavy atom. The van der Waals surface area contributed by atoms with E-state index in [2.05, 4.69) is 0 Å². The molecular formula is C14H18N2O4S. The molecule has 1 aromatic carbocycles. The largest absolute Gasteiger partial charge is 0.480 e. The van der Waals surface area contributed by atoms with E-state index in [-0.39, 0.29) is 17.9 Å². The summed E-state index contributed by atoms with van der Waals surface area (Å²) < 4.78 is 26.2. The maximum absolute atomic E-state index is 12.7. The Hall–Kier alpha value is -1.91. The third-order valence-electron chi connectivity index (χ3n) is 3.18. The quantitative estimate of drug-likeness (QED) is 0.863. The molecule has 114 valence electrons. The first kappa shape index (κ1) is 17.1. The van der Waals surface area contributed by atoms with E-state index < -0.39 is 21.5 Å².